The van der Waals surface area contributed by atoms with Gasteiger partial charge in [0.2, 0.25) is 0 Å². The molecule has 0 spiro atoms. The third-order valence-corrected chi connectivity index (χ3v) is 6.18. The highest BCUT2D eigenvalue weighted by atomic mass is 35.5. The van der Waals surface area contributed by atoms with Crippen molar-refractivity contribution in [2.24, 2.45) is 5.92 Å². The number of halogens is 2. The highest BCUT2D eigenvalue weighted by Gasteiger charge is 2.32. The summed E-state index contributed by atoms with van der Waals surface area (Å²) in [6.45, 7) is 7.12. The first kappa shape index (κ1) is 22.2. The maximum absolute atomic E-state index is 12.6. The molecule has 3 nitrogen and oxygen atoms in total. The summed E-state index contributed by atoms with van der Waals surface area (Å²) >= 11 is 19.5. The van der Waals surface area contributed by atoms with Gasteiger partial charge < -0.3 is 4.74 Å². The number of thiocarbonyl (C=S) groups is 1. The molecule has 0 atom stereocenters. The average molecular weight is 466 g/mol. The minimum atomic E-state index is -0.0827. The van der Waals surface area contributed by atoms with Gasteiger partial charge in [0.25, 0.3) is 5.91 Å². The number of benzene rings is 2. The number of carbonyl (C=O) groups is 1. The van der Waals surface area contributed by atoms with Gasteiger partial charge in [-0.05, 0) is 42.2 Å². The fraction of sp³-hybridized carbons (Fsp3) is 0.273. The molecule has 0 N–H and O–H groups in total. The summed E-state index contributed by atoms with van der Waals surface area (Å²) in [6, 6.07) is 11.6. The predicted molar refractivity (Wildman–Crippen MR) is 127 cm³/mol. The van der Waals surface area contributed by atoms with Gasteiger partial charge >= 0.3 is 0 Å². The maximum Gasteiger partial charge on any atom is 0.266 e. The van der Waals surface area contributed by atoms with Gasteiger partial charge in [0, 0.05) is 6.54 Å². The molecule has 1 aliphatic rings. The quantitative estimate of drug-likeness (QED) is 0.348. The predicted octanol–water partition coefficient (Wildman–Crippen LogP) is 6.74. The van der Waals surface area contributed by atoms with E-state index in [-0.39, 0.29) is 5.91 Å². The fourth-order valence-electron chi connectivity index (χ4n) is 2.81. The molecule has 1 amide bonds. The molecule has 2 aromatic carbocycles. The van der Waals surface area contributed by atoms with Crippen molar-refractivity contribution in [3.05, 3.63) is 68.0 Å². The van der Waals surface area contributed by atoms with Crippen LogP contribution in [0.2, 0.25) is 10.0 Å². The molecule has 0 bridgehead atoms. The zero-order chi connectivity index (χ0) is 21.1. The summed E-state index contributed by atoms with van der Waals surface area (Å²) in [4.78, 5) is 14.8. The number of aryl methyl sites for hydroxylation is 1. The Balaban J connectivity index is 1.77. The van der Waals surface area contributed by atoms with E-state index in [1.165, 1.54) is 17.3 Å². The van der Waals surface area contributed by atoms with Gasteiger partial charge in [-0.25, -0.2) is 0 Å². The highest BCUT2D eigenvalue weighted by Crippen LogP contribution is 2.38. The van der Waals surface area contributed by atoms with E-state index in [0.29, 0.717) is 44.1 Å². The Morgan fingerprint density at radius 3 is 2.38 bits per heavy atom. The van der Waals surface area contributed by atoms with Gasteiger partial charge in [0.05, 0.1) is 15.0 Å². The summed E-state index contributed by atoms with van der Waals surface area (Å²) in [7, 11) is 0. The third-order valence-electron chi connectivity index (χ3n) is 4.24. The molecule has 152 valence electrons. The molecule has 1 saturated heterocycles. The lowest BCUT2D eigenvalue weighted by Gasteiger charge is -2.16. The molecule has 1 fully saturated rings. The Hall–Kier alpha value is -1.53. The summed E-state index contributed by atoms with van der Waals surface area (Å²) in [6.07, 6.45) is 1.77. The smallest absolute Gasteiger partial charge is 0.266 e. The zero-order valence-corrected chi connectivity index (χ0v) is 19.5. The Morgan fingerprint density at radius 2 is 1.79 bits per heavy atom. The molecule has 0 aliphatic carbocycles. The van der Waals surface area contributed by atoms with Crippen LogP contribution in [-0.2, 0) is 11.4 Å². The molecule has 0 radical (unpaired) electrons. The van der Waals surface area contributed by atoms with Crippen molar-refractivity contribution < 1.29 is 9.53 Å². The lowest BCUT2D eigenvalue weighted by molar-refractivity contribution is -0.122. The topological polar surface area (TPSA) is 29.5 Å². The number of thioether (sulfide) groups is 1. The van der Waals surface area contributed by atoms with Crippen LogP contribution in [0.3, 0.4) is 0 Å². The number of nitrogens with zero attached hydrogens (tertiary/aromatic N) is 1. The van der Waals surface area contributed by atoms with Crippen molar-refractivity contribution in [1.82, 2.24) is 4.90 Å². The maximum atomic E-state index is 12.6. The molecule has 7 heteroatoms. The van der Waals surface area contributed by atoms with Crippen LogP contribution in [0.15, 0.2) is 41.3 Å². The second kappa shape index (κ2) is 9.52. The lowest BCUT2D eigenvalue weighted by Crippen LogP contribution is -2.31. The molecule has 0 aromatic heterocycles. The van der Waals surface area contributed by atoms with E-state index < -0.39 is 0 Å². The third kappa shape index (κ3) is 5.54. The van der Waals surface area contributed by atoms with Crippen LogP contribution in [-0.4, -0.2) is 21.7 Å². The summed E-state index contributed by atoms with van der Waals surface area (Å²) in [5.74, 6) is 0.685. The molecular formula is C22H21Cl2NO2S2. The molecule has 29 heavy (non-hydrogen) atoms. The van der Waals surface area contributed by atoms with Crippen molar-refractivity contribution >= 4 is 63.5 Å². The van der Waals surface area contributed by atoms with Gasteiger partial charge in [-0.1, -0.05) is 90.9 Å². The van der Waals surface area contributed by atoms with Crippen molar-refractivity contribution in [2.75, 3.05) is 6.54 Å². The SMILES string of the molecule is Cc1ccc(COc2c(Cl)cc(/C=C3\SC(=S)N(CC(C)C)C3=O)cc2Cl)cc1. The van der Waals surface area contributed by atoms with E-state index in [2.05, 4.69) is 13.8 Å². The van der Waals surface area contributed by atoms with Gasteiger partial charge in [-0.15, -0.1) is 0 Å². The van der Waals surface area contributed by atoms with Gasteiger partial charge in [-0.2, -0.15) is 0 Å². The summed E-state index contributed by atoms with van der Waals surface area (Å²) in [5.41, 5.74) is 2.95. The van der Waals surface area contributed by atoms with E-state index in [1.54, 1.807) is 23.1 Å². The van der Waals surface area contributed by atoms with Crippen LogP contribution in [0.1, 0.15) is 30.5 Å². The second-order valence-corrected chi connectivity index (χ2v) is 9.76. The molecule has 1 aliphatic heterocycles. The monoisotopic (exact) mass is 465 g/mol. The van der Waals surface area contributed by atoms with Gasteiger partial charge in [0.1, 0.15) is 10.9 Å². The van der Waals surface area contributed by atoms with Crippen molar-refractivity contribution in [2.45, 2.75) is 27.4 Å². The highest BCUT2D eigenvalue weighted by molar-refractivity contribution is 8.26. The Kier molecular flexibility index (Phi) is 7.28. The number of carbonyl (C=O) groups excluding carboxylic acids is 1. The van der Waals surface area contributed by atoms with E-state index in [9.17, 15) is 4.79 Å². The van der Waals surface area contributed by atoms with Crippen LogP contribution in [0.25, 0.3) is 6.08 Å². The van der Waals surface area contributed by atoms with Crippen LogP contribution < -0.4 is 4.74 Å². The number of rotatable bonds is 6. The van der Waals surface area contributed by atoms with E-state index in [1.807, 2.05) is 31.2 Å². The molecular weight excluding hydrogens is 445 g/mol. The first-order valence-corrected chi connectivity index (χ1v) is 11.2. The summed E-state index contributed by atoms with van der Waals surface area (Å²) in [5, 5.41) is 0.794. The number of amides is 1. The van der Waals surface area contributed by atoms with Crippen molar-refractivity contribution in [3.63, 3.8) is 0 Å². The first-order chi connectivity index (χ1) is 13.7. The largest absolute Gasteiger partial charge is 0.486 e. The average Bonchev–Trinajstić information content (AvgIpc) is 2.89. The van der Waals surface area contributed by atoms with Gasteiger partial charge in [-0.3, -0.25) is 9.69 Å². The van der Waals surface area contributed by atoms with Crippen LogP contribution in [0, 0.1) is 12.8 Å². The molecule has 3 rings (SSSR count). The molecule has 2 aromatic rings. The van der Waals surface area contributed by atoms with Gasteiger partial charge in [0.15, 0.2) is 5.75 Å². The Labute approximate surface area is 191 Å². The first-order valence-electron chi connectivity index (χ1n) is 9.17. The summed E-state index contributed by atoms with van der Waals surface area (Å²) < 4.78 is 6.41. The Bertz CT molecular complexity index is 948. The molecule has 0 saturated carbocycles. The Morgan fingerprint density at radius 1 is 1.17 bits per heavy atom. The van der Waals surface area contributed by atoms with E-state index >= 15 is 0 Å². The lowest BCUT2D eigenvalue weighted by atomic mass is 10.1. The molecule has 0 unspecified atom stereocenters. The zero-order valence-electron chi connectivity index (χ0n) is 16.4. The van der Waals surface area contributed by atoms with Crippen LogP contribution in [0.4, 0.5) is 0 Å². The van der Waals surface area contributed by atoms with Crippen LogP contribution >= 0.6 is 47.2 Å². The second-order valence-electron chi connectivity index (χ2n) is 7.27. The van der Waals surface area contributed by atoms with E-state index in [4.69, 9.17) is 40.2 Å². The number of hydrogen-bond acceptors (Lipinski definition) is 4. The van der Waals surface area contributed by atoms with E-state index in [0.717, 1.165) is 11.1 Å². The van der Waals surface area contributed by atoms with Crippen molar-refractivity contribution in [1.29, 1.82) is 0 Å². The van der Waals surface area contributed by atoms with Crippen molar-refractivity contribution in [3.8, 4) is 5.75 Å². The molecule has 1 heterocycles. The van der Waals surface area contributed by atoms with Crippen LogP contribution in [0.5, 0.6) is 5.75 Å². The normalized spacial score (nSPS) is 15.7. The standard InChI is InChI=1S/C22H21Cl2NO2S2/c1-13(2)11-25-21(26)19(29-22(25)28)10-16-8-17(23)20(18(24)9-16)27-12-15-6-4-14(3)5-7-15/h4-10,13H,11-12H2,1-3H3/b19-10-. The number of ether oxygens (including phenoxy) is 1. The minimum Gasteiger partial charge on any atom is -0.486 e. The number of hydrogen-bond donors (Lipinski definition) is 0. The minimum absolute atomic E-state index is 0.0827. The fourth-order valence-corrected chi connectivity index (χ4v) is 4.70.